The largest absolute Gasteiger partial charge is 0.389 e. The third kappa shape index (κ3) is 2.84. The second-order valence-electron chi connectivity index (χ2n) is 5.59. The number of benzene rings is 1. The summed E-state index contributed by atoms with van der Waals surface area (Å²) < 4.78 is 0. The van der Waals surface area contributed by atoms with Gasteiger partial charge in [0, 0.05) is 24.2 Å². The molecule has 0 amide bonds. The van der Waals surface area contributed by atoms with Gasteiger partial charge >= 0.3 is 0 Å². The van der Waals surface area contributed by atoms with Gasteiger partial charge in [-0.2, -0.15) is 0 Å². The van der Waals surface area contributed by atoms with Crippen molar-refractivity contribution in [1.29, 1.82) is 0 Å². The summed E-state index contributed by atoms with van der Waals surface area (Å²) in [5, 5.41) is 4.63. The SMILES string of the molecule is CN1CCCC1CNc1c(C(N)=S)cnc2ccccc12. The Morgan fingerprint density at radius 1 is 1.48 bits per heavy atom. The highest BCUT2D eigenvalue weighted by Gasteiger charge is 2.21. The normalized spacial score (nSPS) is 19.0. The predicted octanol–water partition coefficient (Wildman–Crippen LogP) is 2.38. The maximum atomic E-state index is 5.86. The second kappa shape index (κ2) is 5.95. The molecule has 0 spiro atoms. The minimum absolute atomic E-state index is 0.385. The molecule has 0 aliphatic carbocycles. The lowest BCUT2D eigenvalue weighted by atomic mass is 10.1. The quantitative estimate of drug-likeness (QED) is 0.849. The van der Waals surface area contributed by atoms with E-state index in [1.165, 1.54) is 19.4 Å². The van der Waals surface area contributed by atoms with E-state index in [2.05, 4.69) is 28.3 Å². The van der Waals surface area contributed by atoms with Crippen LogP contribution in [0.4, 0.5) is 5.69 Å². The van der Waals surface area contributed by atoms with Crippen LogP contribution in [0.15, 0.2) is 30.5 Å². The highest BCUT2D eigenvalue weighted by atomic mass is 32.1. The van der Waals surface area contributed by atoms with E-state index in [9.17, 15) is 0 Å². The van der Waals surface area contributed by atoms with Crippen molar-refractivity contribution < 1.29 is 0 Å². The molecule has 2 heterocycles. The van der Waals surface area contributed by atoms with Gasteiger partial charge in [-0.25, -0.2) is 0 Å². The van der Waals surface area contributed by atoms with E-state index in [4.69, 9.17) is 18.0 Å². The van der Waals surface area contributed by atoms with Crippen LogP contribution < -0.4 is 11.1 Å². The van der Waals surface area contributed by atoms with Gasteiger partial charge < -0.3 is 16.0 Å². The van der Waals surface area contributed by atoms with E-state index in [1.807, 2.05) is 18.2 Å². The Morgan fingerprint density at radius 2 is 2.29 bits per heavy atom. The number of anilines is 1. The fraction of sp³-hybridized carbons (Fsp3) is 0.375. The van der Waals surface area contributed by atoms with E-state index >= 15 is 0 Å². The molecular weight excluding hydrogens is 280 g/mol. The number of pyridine rings is 1. The first-order valence-electron chi connectivity index (χ1n) is 7.28. The van der Waals surface area contributed by atoms with Crippen LogP contribution in [-0.4, -0.2) is 41.1 Å². The van der Waals surface area contributed by atoms with E-state index in [0.717, 1.165) is 28.7 Å². The molecule has 1 aromatic heterocycles. The van der Waals surface area contributed by atoms with E-state index in [1.54, 1.807) is 6.20 Å². The van der Waals surface area contributed by atoms with Crippen molar-refractivity contribution in [1.82, 2.24) is 9.88 Å². The van der Waals surface area contributed by atoms with Crippen molar-refractivity contribution in [2.45, 2.75) is 18.9 Å². The summed E-state index contributed by atoms with van der Waals surface area (Å²) in [6.45, 7) is 2.08. The molecule has 21 heavy (non-hydrogen) atoms. The molecule has 1 unspecified atom stereocenters. The topological polar surface area (TPSA) is 54.2 Å². The zero-order valence-electron chi connectivity index (χ0n) is 12.2. The molecule has 1 atom stereocenters. The van der Waals surface area contributed by atoms with Crippen molar-refractivity contribution in [3.63, 3.8) is 0 Å². The standard InChI is InChI=1S/C16H20N4S/c1-20-8-4-5-11(20)9-19-15-12-6-2-3-7-14(12)18-10-13(15)16(17)21/h2-3,6-7,10-11H,4-5,8-9H2,1H3,(H2,17,21)(H,18,19). The number of nitrogens with two attached hydrogens (primary N) is 1. The Balaban J connectivity index is 1.94. The summed E-state index contributed by atoms with van der Waals surface area (Å²) in [6, 6.07) is 8.64. The third-order valence-electron chi connectivity index (χ3n) is 4.23. The number of para-hydroxylation sites is 1. The maximum absolute atomic E-state index is 5.86. The van der Waals surface area contributed by atoms with Crippen LogP contribution in [0, 0.1) is 0 Å². The van der Waals surface area contributed by atoms with Crippen LogP contribution in [0.3, 0.4) is 0 Å². The zero-order chi connectivity index (χ0) is 14.8. The number of rotatable bonds is 4. The fourth-order valence-electron chi connectivity index (χ4n) is 2.98. The van der Waals surface area contributed by atoms with Gasteiger partial charge in [-0.15, -0.1) is 0 Å². The van der Waals surface area contributed by atoms with Crippen LogP contribution >= 0.6 is 12.2 Å². The van der Waals surface area contributed by atoms with Crippen molar-refractivity contribution in [3.8, 4) is 0 Å². The molecule has 1 aliphatic rings. The molecule has 0 saturated carbocycles. The molecule has 2 aromatic rings. The fourth-order valence-corrected chi connectivity index (χ4v) is 3.13. The number of nitrogens with one attached hydrogen (secondary N) is 1. The minimum atomic E-state index is 0.385. The molecule has 4 nitrogen and oxygen atoms in total. The van der Waals surface area contributed by atoms with Gasteiger partial charge in [0.1, 0.15) is 4.99 Å². The summed E-state index contributed by atoms with van der Waals surface area (Å²) in [7, 11) is 2.18. The van der Waals surface area contributed by atoms with E-state index in [0.29, 0.717) is 11.0 Å². The molecule has 1 aromatic carbocycles. The van der Waals surface area contributed by atoms with Crippen molar-refractivity contribution >= 4 is 33.8 Å². The average Bonchev–Trinajstić information content (AvgIpc) is 2.89. The van der Waals surface area contributed by atoms with Crippen molar-refractivity contribution in [3.05, 3.63) is 36.0 Å². The Hall–Kier alpha value is -1.72. The van der Waals surface area contributed by atoms with Crippen molar-refractivity contribution in [2.24, 2.45) is 5.73 Å². The number of likely N-dealkylation sites (tertiary alicyclic amines) is 1. The number of aromatic nitrogens is 1. The van der Waals surface area contributed by atoms with Crippen LogP contribution in [0.25, 0.3) is 10.9 Å². The lowest BCUT2D eigenvalue weighted by Gasteiger charge is -2.22. The smallest absolute Gasteiger partial charge is 0.107 e. The lowest BCUT2D eigenvalue weighted by Crippen LogP contribution is -2.32. The van der Waals surface area contributed by atoms with Gasteiger partial charge in [-0.1, -0.05) is 30.4 Å². The second-order valence-corrected chi connectivity index (χ2v) is 6.03. The Morgan fingerprint density at radius 3 is 3.00 bits per heavy atom. The summed E-state index contributed by atoms with van der Waals surface area (Å²) in [5.74, 6) is 0. The van der Waals surface area contributed by atoms with E-state index in [-0.39, 0.29) is 0 Å². The van der Waals surface area contributed by atoms with E-state index < -0.39 is 0 Å². The minimum Gasteiger partial charge on any atom is -0.389 e. The average molecular weight is 300 g/mol. The number of hydrogen-bond donors (Lipinski definition) is 2. The van der Waals surface area contributed by atoms with Gasteiger partial charge in [0.05, 0.1) is 16.8 Å². The summed E-state index contributed by atoms with van der Waals surface area (Å²) in [6.07, 6.45) is 4.27. The molecule has 0 bridgehead atoms. The number of hydrogen-bond acceptors (Lipinski definition) is 4. The monoisotopic (exact) mass is 300 g/mol. The van der Waals surface area contributed by atoms with Crippen LogP contribution in [-0.2, 0) is 0 Å². The number of nitrogens with zero attached hydrogens (tertiary/aromatic N) is 2. The third-order valence-corrected chi connectivity index (χ3v) is 4.45. The first-order valence-corrected chi connectivity index (χ1v) is 7.69. The van der Waals surface area contributed by atoms with Gasteiger partial charge in [0.15, 0.2) is 0 Å². The molecule has 1 saturated heterocycles. The van der Waals surface area contributed by atoms with Gasteiger partial charge in [0.25, 0.3) is 0 Å². The first-order chi connectivity index (χ1) is 10.2. The number of likely N-dealkylation sites (N-methyl/N-ethyl adjacent to an activating group) is 1. The maximum Gasteiger partial charge on any atom is 0.107 e. The highest BCUT2D eigenvalue weighted by Crippen LogP contribution is 2.26. The summed E-state index contributed by atoms with van der Waals surface area (Å²) >= 11 is 5.17. The highest BCUT2D eigenvalue weighted by molar-refractivity contribution is 7.80. The molecule has 0 radical (unpaired) electrons. The summed E-state index contributed by atoms with van der Waals surface area (Å²) in [4.78, 5) is 7.22. The van der Waals surface area contributed by atoms with Crippen molar-refractivity contribution in [2.75, 3.05) is 25.5 Å². The Kier molecular flexibility index (Phi) is 4.03. The zero-order valence-corrected chi connectivity index (χ0v) is 13.0. The molecule has 3 rings (SSSR count). The lowest BCUT2D eigenvalue weighted by molar-refractivity contribution is 0.322. The van der Waals surface area contributed by atoms with Gasteiger partial charge in [0.2, 0.25) is 0 Å². The van der Waals surface area contributed by atoms with Crippen LogP contribution in [0.5, 0.6) is 0 Å². The Bertz CT molecular complexity index is 670. The first kappa shape index (κ1) is 14.2. The molecule has 3 N–H and O–H groups in total. The van der Waals surface area contributed by atoms with Gasteiger partial charge in [-0.3, -0.25) is 4.98 Å². The molecule has 1 aliphatic heterocycles. The molecule has 110 valence electrons. The molecule has 1 fully saturated rings. The molecular formula is C16H20N4S. The molecule has 5 heteroatoms. The van der Waals surface area contributed by atoms with Gasteiger partial charge in [-0.05, 0) is 32.5 Å². The summed E-state index contributed by atoms with van der Waals surface area (Å²) in [5.41, 5.74) is 8.65. The van der Waals surface area contributed by atoms with Crippen LogP contribution in [0.2, 0.25) is 0 Å². The Labute approximate surface area is 130 Å². The predicted molar refractivity (Wildman–Crippen MR) is 91.8 cm³/mol. The number of fused-ring (bicyclic) bond motifs is 1. The number of thiocarbonyl (C=S) groups is 1. The van der Waals surface area contributed by atoms with Crippen LogP contribution in [0.1, 0.15) is 18.4 Å².